The molecule has 24 heavy (non-hydrogen) atoms. The van der Waals surface area contributed by atoms with Crippen LogP contribution in [-0.2, 0) is 13.1 Å². The molecule has 0 aliphatic rings. The van der Waals surface area contributed by atoms with Crippen molar-refractivity contribution in [1.29, 1.82) is 0 Å². The molecule has 5 heteroatoms. The molecule has 0 spiro atoms. The third-order valence-corrected chi connectivity index (χ3v) is 4.19. The number of rotatable bonds is 6. The molecule has 0 radical (unpaired) electrons. The van der Waals surface area contributed by atoms with Gasteiger partial charge < -0.3 is 9.15 Å². The van der Waals surface area contributed by atoms with Crippen molar-refractivity contribution in [2.75, 3.05) is 14.2 Å². The first-order valence-electron chi connectivity index (χ1n) is 7.67. The summed E-state index contributed by atoms with van der Waals surface area (Å²) in [7, 11) is 3.72. The van der Waals surface area contributed by atoms with Crippen LogP contribution in [0.5, 0.6) is 5.75 Å². The summed E-state index contributed by atoms with van der Waals surface area (Å²) in [4.78, 5) is 6.53. The molecule has 0 unspecified atom stereocenters. The molecule has 124 valence electrons. The van der Waals surface area contributed by atoms with Crippen molar-refractivity contribution in [2.24, 2.45) is 0 Å². The molecule has 0 saturated heterocycles. The van der Waals surface area contributed by atoms with Crippen LogP contribution in [0, 0.1) is 0 Å². The smallest absolute Gasteiger partial charge is 0.209 e. The van der Waals surface area contributed by atoms with Gasteiger partial charge in [-0.25, -0.2) is 4.98 Å². The average molecular weight is 387 g/mol. The maximum atomic E-state index is 5.87. The van der Waals surface area contributed by atoms with E-state index in [1.54, 1.807) is 13.3 Å². The molecule has 0 aliphatic carbocycles. The van der Waals surface area contributed by atoms with Gasteiger partial charge in [0.15, 0.2) is 5.76 Å². The minimum absolute atomic E-state index is 0.627. The lowest BCUT2D eigenvalue weighted by Crippen LogP contribution is -2.17. The first kappa shape index (κ1) is 16.7. The second-order valence-electron chi connectivity index (χ2n) is 5.61. The van der Waals surface area contributed by atoms with Crippen LogP contribution < -0.4 is 4.74 Å². The molecule has 3 aromatic rings. The van der Waals surface area contributed by atoms with Gasteiger partial charge in [0, 0.05) is 22.1 Å². The number of halogens is 1. The van der Waals surface area contributed by atoms with E-state index in [1.165, 1.54) is 0 Å². The molecule has 2 aromatic carbocycles. The number of hydrogen-bond donors (Lipinski definition) is 0. The van der Waals surface area contributed by atoms with Crippen molar-refractivity contribution in [1.82, 2.24) is 9.88 Å². The van der Waals surface area contributed by atoms with E-state index in [1.807, 2.05) is 49.5 Å². The second kappa shape index (κ2) is 7.64. The molecular formula is C19H19BrN2O2. The highest BCUT2D eigenvalue weighted by atomic mass is 79.9. The Morgan fingerprint density at radius 2 is 1.92 bits per heavy atom. The molecule has 4 nitrogen and oxygen atoms in total. The lowest BCUT2D eigenvalue weighted by Gasteiger charge is -2.17. The summed E-state index contributed by atoms with van der Waals surface area (Å²) in [6.45, 7) is 1.37. The average Bonchev–Trinajstić information content (AvgIpc) is 3.04. The van der Waals surface area contributed by atoms with Crippen molar-refractivity contribution in [3.63, 3.8) is 0 Å². The van der Waals surface area contributed by atoms with E-state index in [4.69, 9.17) is 9.15 Å². The highest BCUT2D eigenvalue weighted by molar-refractivity contribution is 9.10. The first-order valence-corrected chi connectivity index (χ1v) is 8.46. The maximum absolute atomic E-state index is 5.87. The number of nitrogens with zero attached hydrogens (tertiary/aromatic N) is 2. The molecule has 1 heterocycles. The van der Waals surface area contributed by atoms with Gasteiger partial charge >= 0.3 is 0 Å². The molecule has 3 rings (SSSR count). The van der Waals surface area contributed by atoms with Crippen LogP contribution in [0.4, 0.5) is 0 Å². The first-order chi connectivity index (χ1) is 11.7. The quantitative estimate of drug-likeness (QED) is 0.612. The van der Waals surface area contributed by atoms with Gasteiger partial charge in [-0.1, -0.05) is 46.3 Å². The Morgan fingerprint density at radius 1 is 1.12 bits per heavy atom. The number of methoxy groups -OCH3 is 1. The maximum Gasteiger partial charge on any atom is 0.209 e. The van der Waals surface area contributed by atoms with Crippen molar-refractivity contribution >= 4 is 15.9 Å². The fourth-order valence-electron chi connectivity index (χ4n) is 2.57. The Morgan fingerprint density at radius 3 is 2.67 bits per heavy atom. The van der Waals surface area contributed by atoms with E-state index < -0.39 is 0 Å². The molecule has 0 fully saturated rings. The summed E-state index contributed by atoms with van der Waals surface area (Å²) in [6.07, 6.45) is 1.78. The zero-order valence-corrected chi connectivity index (χ0v) is 15.3. The van der Waals surface area contributed by atoms with E-state index in [9.17, 15) is 0 Å². The third kappa shape index (κ3) is 4.04. The highest BCUT2D eigenvalue weighted by Crippen LogP contribution is 2.25. The van der Waals surface area contributed by atoms with Crippen LogP contribution in [0.25, 0.3) is 11.3 Å². The molecular weight excluding hydrogens is 368 g/mol. The Kier molecular flexibility index (Phi) is 5.33. The molecule has 0 amide bonds. The zero-order chi connectivity index (χ0) is 16.9. The third-order valence-electron chi connectivity index (χ3n) is 3.70. The highest BCUT2D eigenvalue weighted by Gasteiger charge is 2.11. The summed E-state index contributed by atoms with van der Waals surface area (Å²) < 4.78 is 12.3. The van der Waals surface area contributed by atoms with Gasteiger partial charge in [0.25, 0.3) is 0 Å². The number of ether oxygens (including phenoxy) is 1. The van der Waals surface area contributed by atoms with Gasteiger partial charge in [-0.2, -0.15) is 0 Å². The lowest BCUT2D eigenvalue weighted by molar-refractivity contribution is 0.277. The Hall–Kier alpha value is -2.11. The van der Waals surface area contributed by atoms with Crippen LogP contribution >= 0.6 is 15.9 Å². The SMILES string of the molecule is COc1ccc(Br)cc1CN(C)Cc1ncc(-c2ccccc2)o1. The van der Waals surface area contributed by atoms with E-state index in [0.717, 1.165) is 33.7 Å². The van der Waals surface area contributed by atoms with E-state index >= 15 is 0 Å². The predicted octanol–water partition coefficient (Wildman–Crippen LogP) is 4.74. The van der Waals surface area contributed by atoms with Crippen molar-refractivity contribution < 1.29 is 9.15 Å². The van der Waals surface area contributed by atoms with Crippen LogP contribution in [0.2, 0.25) is 0 Å². The summed E-state index contributed by atoms with van der Waals surface area (Å²) >= 11 is 3.51. The Bertz CT molecular complexity index is 802. The van der Waals surface area contributed by atoms with Crippen LogP contribution in [0.1, 0.15) is 11.5 Å². The fourth-order valence-corrected chi connectivity index (χ4v) is 2.98. The van der Waals surface area contributed by atoms with Gasteiger partial charge in [0.1, 0.15) is 5.75 Å². The standard InChI is InChI=1S/C19H19BrN2O2/c1-22(12-15-10-16(20)8-9-17(15)23-2)13-19-21-11-18(24-19)14-6-4-3-5-7-14/h3-11H,12-13H2,1-2H3. The molecule has 0 bridgehead atoms. The van der Waals surface area contributed by atoms with Gasteiger partial charge in [0.05, 0.1) is 19.9 Å². The summed E-state index contributed by atoms with van der Waals surface area (Å²) in [5.74, 6) is 2.37. The number of oxazole rings is 1. The van der Waals surface area contributed by atoms with Gasteiger partial charge in [-0.3, -0.25) is 4.90 Å². The van der Waals surface area contributed by atoms with Crippen molar-refractivity contribution in [3.05, 3.63) is 70.7 Å². The van der Waals surface area contributed by atoms with Gasteiger partial charge in [-0.05, 0) is 25.2 Å². The van der Waals surface area contributed by atoms with E-state index in [0.29, 0.717) is 12.4 Å². The van der Waals surface area contributed by atoms with Crippen LogP contribution in [0.3, 0.4) is 0 Å². The fraction of sp³-hybridized carbons (Fsp3) is 0.211. The second-order valence-corrected chi connectivity index (χ2v) is 6.53. The monoisotopic (exact) mass is 386 g/mol. The van der Waals surface area contributed by atoms with Gasteiger partial charge in [-0.15, -0.1) is 0 Å². The summed E-state index contributed by atoms with van der Waals surface area (Å²) in [5, 5.41) is 0. The van der Waals surface area contributed by atoms with Crippen molar-refractivity contribution in [3.8, 4) is 17.1 Å². The predicted molar refractivity (Wildman–Crippen MR) is 97.8 cm³/mol. The molecule has 0 aliphatic heterocycles. The van der Waals surface area contributed by atoms with Gasteiger partial charge in [0.2, 0.25) is 5.89 Å². The molecule has 0 saturated carbocycles. The van der Waals surface area contributed by atoms with E-state index in [2.05, 4.69) is 31.9 Å². The topological polar surface area (TPSA) is 38.5 Å². The Balaban J connectivity index is 1.69. The Labute approximate surface area is 150 Å². The molecule has 0 atom stereocenters. The normalized spacial score (nSPS) is 11.0. The minimum Gasteiger partial charge on any atom is -0.496 e. The van der Waals surface area contributed by atoms with E-state index in [-0.39, 0.29) is 0 Å². The van der Waals surface area contributed by atoms with Crippen LogP contribution in [-0.4, -0.2) is 24.0 Å². The lowest BCUT2D eigenvalue weighted by atomic mass is 10.2. The summed E-state index contributed by atoms with van der Waals surface area (Å²) in [5.41, 5.74) is 2.15. The number of hydrogen-bond acceptors (Lipinski definition) is 4. The van der Waals surface area contributed by atoms with Crippen LogP contribution in [0.15, 0.2) is 63.6 Å². The molecule has 0 N–H and O–H groups in total. The summed E-state index contributed by atoms with van der Waals surface area (Å²) in [6, 6.07) is 16.0. The van der Waals surface area contributed by atoms with Crippen molar-refractivity contribution in [2.45, 2.75) is 13.1 Å². The minimum atomic E-state index is 0.627. The number of aromatic nitrogens is 1. The zero-order valence-electron chi connectivity index (χ0n) is 13.7. The molecule has 1 aromatic heterocycles. The largest absolute Gasteiger partial charge is 0.496 e. The number of benzene rings is 2.